The fraction of sp³-hybridized carbons (Fsp3) is 0.133. The van der Waals surface area contributed by atoms with Crippen LogP contribution in [0.4, 0.5) is 0 Å². The van der Waals surface area contributed by atoms with Crippen molar-refractivity contribution in [3.63, 3.8) is 0 Å². The fourth-order valence-electron chi connectivity index (χ4n) is 1.77. The number of thioether (sulfide) groups is 1. The predicted octanol–water partition coefficient (Wildman–Crippen LogP) is 2.92. The van der Waals surface area contributed by atoms with E-state index in [4.69, 9.17) is 17.3 Å². The van der Waals surface area contributed by atoms with Gasteiger partial charge in [-0.2, -0.15) is 0 Å². The van der Waals surface area contributed by atoms with Crippen LogP contribution >= 0.6 is 24.0 Å². The van der Waals surface area contributed by atoms with Gasteiger partial charge in [0.15, 0.2) is 0 Å². The maximum atomic E-state index is 12.2. The van der Waals surface area contributed by atoms with Crippen LogP contribution in [0.2, 0.25) is 0 Å². The van der Waals surface area contributed by atoms with Gasteiger partial charge in [0.25, 0.3) is 5.91 Å². The van der Waals surface area contributed by atoms with E-state index in [0.717, 1.165) is 27.8 Å². The molecule has 0 bridgehead atoms. The van der Waals surface area contributed by atoms with Crippen LogP contribution in [-0.4, -0.2) is 32.7 Å². The van der Waals surface area contributed by atoms with Gasteiger partial charge in [-0.3, -0.25) is 14.5 Å². The molecule has 1 heterocycles. The summed E-state index contributed by atoms with van der Waals surface area (Å²) in [5, 5.41) is 8.79. The van der Waals surface area contributed by atoms with Gasteiger partial charge in [0.05, 0.1) is 4.91 Å². The van der Waals surface area contributed by atoms with E-state index in [-0.39, 0.29) is 10.2 Å². The normalized spacial score (nSPS) is 17.7. The summed E-state index contributed by atoms with van der Waals surface area (Å²) in [6.07, 6.45) is 3.74. The molecule has 0 saturated carbocycles. The summed E-state index contributed by atoms with van der Waals surface area (Å²) in [7, 11) is 0. The smallest absolute Gasteiger partial charge is 0.323 e. The molecule has 1 aliphatic rings. The van der Waals surface area contributed by atoms with Crippen LogP contribution in [0.5, 0.6) is 0 Å². The van der Waals surface area contributed by atoms with E-state index in [9.17, 15) is 9.59 Å². The van der Waals surface area contributed by atoms with Gasteiger partial charge in [-0.25, -0.2) is 0 Å². The van der Waals surface area contributed by atoms with E-state index in [1.165, 1.54) is 0 Å². The summed E-state index contributed by atoms with van der Waals surface area (Å²) >= 11 is 6.20. The summed E-state index contributed by atoms with van der Waals surface area (Å²) in [5.41, 5.74) is 1.79. The zero-order valence-corrected chi connectivity index (χ0v) is 12.9. The molecular formula is C15H13NO3S2. The number of thiocarbonyl (C=S) groups is 1. The average Bonchev–Trinajstić information content (AvgIpc) is 2.73. The van der Waals surface area contributed by atoms with Crippen molar-refractivity contribution in [2.24, 2.45) is 0 Å². The molecule has 0 atom stereocenters. The number of rotatable bonds is 4. The standard InChI is InChI=1S/C15H13NO3S2/c1-10(7-8-11-5-3-2-4-6-11)13-14(19)16(9-12(17)18)15(20)21-13/h2-8H,9H2,1H3,(H,17,18)/b8-7-,13-10+. The first-order chi connectivity index (χ1) is 9.99. The molecule has 1 fully saturated rings. The number of carbonyl (C=O) groups is 2. The highest BCUT2D eigenvalue weighted by atomic mass is 32.2. The lowest BCUT2D eigenvalue weighted by molar-refractivity contribution is -0.140. The highest BCUT2D eigenvalue weighted by molar-refractivity contribution is 8.26. The van der Waals surface area contributed by atoms with Crippen molar-refractivity contribution in [1.82, 2.24) is 4.90 Å². The minimum absolute atomic E-state index is 0.282. The number of carboxylic acid groups (broad SMARTS) is 1. The molecule has 1 amide bonds. The van der Waals surface area contributed by atoms with Gasteiger partial charge in [0.2, 0.25) is 0 Å². The lowest BCUT2D eigenvalue weighted by atomic mass is 10.1. The number of hydrogen-bond acceptors (Lipinski definition) is 4. The average molecular weight is 319 g/mol. The first-order valence-electron chi connectivity index (χ1n) is 6.18. The Morgan fingerprint density at radius 3 is 2.67 bits per heavy atom. The second-order valence-corrected chi connectivity index (χ2v) is 6.05. The summed E-state index contributed by atoms with van der Waals surface area (Å²) in [4.78, 5) is 24.5. The van der Waals surface area contributed by atoms with Gasteiger partial charge in [0, 0.05) is 0 Å². The van der Waals surface area contributed by atoms with Crippen molar-refractivity contribution < 1.29 is 14.7 Å². The Morgan fingerprint density at radius 2 is 2.05 bits per heavy atom. The number of hydrogen-bond donors (Lipinski definition) is 1. The SMILES string of the molecule is CC(/C=C\c1ccccc1)=C1\SC(=S)N(CC(=O)O)C1=O. The zero-order valence-electron chi connectivity index (χ0n) is 11.3. The van der Waals surface area contributed by atoms with Crippen molar-refractivity contribution in [1.29, 1.82) is 0 Å². The third kappa shape index (κ3) is 3.80. The third-order valence-corrected chi connectivity index (χ3v) is 4.39. The molecule has 6 heteroatoms. The molecule has 1 saturated heterocycles. The number of amides is 1. The second kappa shape index (κ2) is 6.69. The first-order valence-corrected chi connectivity index (χ1v) is 7.41. The highest BCUT2D eigenvalue weighted by Crippen LogP contribution is 2.33. The fourth-order valence-corrected chi connectivity index (χ4v) is 3.03. The van der Waals surface area contributed by atoms with Gasteiger partial charge in [-0.05, 0) is 18.1 Å². The Hall–Kier alpha value is -1.92. The van der Waals surface area contributed by atoms with Crippen LogP contribution in [0.25, 0.3) is 6.08 Å². The predicted molar refractivity (Wildman–Crippen MR) is 87.7 cm³/mol. The van der Waals surface area contributed by atoms with Gasteiger partial charge in [-0.1, -0.05) is 66.5 Å². The van der Waals surface area contributed by atoms with E-state index >= 15 is 0 Å². The molecule has 0 unspecified atom stereocenters. The molecule has 21 heavy (non-hydrogen) atoms. The Morgan fingerprint density at radius 1 is 1.38 bits per heavy atom. The maximum Gasteiger partial charge on any atom is 0.323 e. The lowest BCUT2D eigenvalue weighted by Gasteiger charge is -2.10. The molecular weight excluding hydrogens is 306 g/mol. The molecule has 0 aliphatic carbocycles. The first kappa shape index (κ1) is 15.5. The van der Waals surface area contributed by atoms with Crippen LogP contribution in [0.1, 0.15) is 12.5 Å². The quantitative estimate of drug-likeness (QED) is 0.683. The highest BCUT2D eigenvalue weighted by Gasteiger charge is 2.34. The summed E-state index contributed by atoms with van der Waals surface area (Å²) in [5.74, 6) is -1.42. The Labute approximate surface area is 132 Å². The molecule has 4 nitrogen and oxygen atoms in total. The van der Waals surface area contributed by atoms with Gasteiger partial charge in [0.1, 0.15) is 10.9 Å². The number of aliphatic carboxylic acids is 1. The zero-order chi connectivity index (χ0) is 15.4. The lowest BCUT2D eigenvalue weighted by Crippen LogP contribution is -2.33. The van der Waals surface area contributed by atoms with Crippen molar-refractivity contribution >= 4 is 46.3 Å². The number of allylic oxidation sites excluding steroid dienone is 2. The van der Waals surface area contributed by atoms with Gasteiger partial charge in [-0.15, -0.1) is 0 Å². The topological polar surface area (TPSA) is 57.6 Å². The monoisotopic (exact) mass is 319 g/mol. The van der Waals surface area contributed by atoms with Crippen molar-refractivity contribution in [2.75, 3.05) is 6.54 Å². The number of carbonyl (C=O) groups excluding carboxylic acids is 1. The molecule has 1 aliphatic heterocycles. The number of benzene rings is 1. The van der Waals surface area contributed by atoms with E-state index < -0.39 is 12.5 Å². The summed E-state index contributed by atoms with van der Waals surface area (Å²) < 4.78 is 0.282. The van der Waals surface area contributed by atoms with E-state index in [1.807, 2.05) is 49.4 Å². The summed E-state index contributed by atoms with van der Waals surface area (Å²) in [6, 6.07) is 9.71. The minimum atomic E-state index is -1.08. The number of nitrogens with zero attached hydrogens (tertiary/aromatic N) is 1. The number of carboxylic acids is 1. The van der Waals surface area contributed by atoms with E-state index in [0.29, 0.717) is 4.91 Å². The van der Waals surface area contributed by atoms with Crippen LogP contribution in [-0.2, 0) is 9.59 Å². The Bertz CT molecular complexity index is 650. The Balaban J connectivity index is 2.20. The maximum absolute atomic E-state index is 12.2. The minimum Gasteiger partial charge on any atom is -0.480 e. The molecule has 108 valence electrons. The molecule has 1 aromatic carbocycles. The molecule has 0 aromatic heterocycles. The largest absolute Gasteiger partial charge is 0.480 e. The van der Waals surface area contributed by atoms with E-state index in [1.54, 1.807) is 0 Å². The molecule has 0 radical (unpaired) electrons. The molecule has 2 rings (SSSR count). The van der Waals surface area contributed by atoms with E-state index in [2.05, 4.69) is 0 Å². The van der Waals surface area contributed by atoms with Crippen molar-refractivity contribution in [3.8, 4) is 0 Å². The van der Waals surface area contributed by atoms with Crippen molar-refractivity contribution in [3.05, 3.63) is 52.4 Å². The van der Waals surface area contributed by atoms with Gasteiger partial charge >= 0.3 is 5.97 Å². The second-order valence-electron chi connectivity index (χ2n) is 4.41. The summed E-state index contributed by atoms with van der Waals surface area (Å²) in [6.45, 7) is 1.41. The van der Waals surface area contributed by atoms with Crippen LogP contribution < -0.4 is 0 Å². The third-order valence-electron chi connectivity index (χ3n) is 2.83. The van der Waals surface area contributed by atoms with Crippen molar-refractivity contribution in [2.45, 2.75) is 6.92 Å². The van der Waals surface area contributed by atoms with Crippen LogP contribution in [0, 0.1) is 0 Å². The van der Waals surface area contributed by atoms with Crippen LogP contribution in [0.15, 0.2) is 46.9 Å². The van der Waals surface area contributed by atoms with Crippen LogP contribution in [0.3, 0.4) is 0 Å². The molecule has 1 aromatic rings. The molecule has 1 N–H and O–H groups in total. The van der Waals surface area contributed by atoms with Gasteiger partial charge < -0.3 is 5.11 Å². The molecule has 0 spiro atoms. The Kier molecular flexibility index (Phi) is 4.93.